The van der Waals surface area contributed by atoms with Gasteiger partial charge < -0.3 is 10.4 Å². The summed E-state index contributed by atoms with van der Waals surface area (Å²) < 4.78 is 1.14. The fraction of sp³-hybridized carbons (Fsp3) is 0.182. The molecule has 0 fully saturated rings. The molecule has 0 saturated heterocycles. The molecule has 0 aromatic carbocycles. The van der Waals surface area contributed by atoms with Crippen molar-refractivity contribution in [1.82, 2.24) is 14.7 Å². The molecule has 2 aromatic rings. The van der Waals surface area contributed by atoms with Crippen molar-refractivity contribution >= 4 is 11.6 Å². The third-order valence-corrected chi connectivity index (χ3v) is 2.29. The standard InChI is InChI=1S/C11H11N3O3/c1-2-12-10(16)7-6-13-9-8(15)4-3-5-14(9)11(7)17/h3-6,15H,2H2,1H3,(H,12,16). The van der Waals surface area contributed by atoms with Crippen LogP contribution >= 0.6 is 0 Å². The third-order valence-electron chi connectivity index (χ3n) is 2.29. The van der Waals surface area contributed by atoms with Gasteiger partial charge in [-0.1, -0.05) is 0 Å². The lowest BCUT2D eigenvalue weighted by atomic mass is 10.3. The lowest BCUT2D eigenvalue weighted by molar-refractivity contribution is 0.0953. The Kier molecular flexibility index (Phi) is 2.78. The average molecular weight is 233 g/mol. The van der Waals surface area contributed by atoms with E-state index >= 15 is 0 Å². The van der Waals surface area contributed by atoms with Crippen molar-refractivity contribution in [2.45, 2.75) is 6.92 Å². The van der Waals surface area contributed by atoms with Gasteiger partial charge in [0, 0.05) is 18.9 Å². The van der Waals surface area contributed by atoms with Crippen molar-refractivity contribution in [2.24, 2.45) is 0 Å². The summed E-state index contributed by atoms with van der Waals surface area (Å²) in [5.74, 6) is -0.574. The summed E-state index contributed by atoms with van der Waals surface area (Å²) in [5, 5.41) is 12.0. The predicted molar refractivity (Wildman–Crippen MR) is 61.1 cm³/mol. The van der Waals surface area contributed by atoms with Gasteiger partial charge in [0.25, 0.3) is 11.5 Å². The second-order valence-corrected chi connectivity index (χ2v) is 3.42. The van der Waals surface area contributed by atoms with E-state index in [0.29, 0.717) is 6.54 Å². The van der Waals surface area contributed by atoms with Gasteiger partial charge in [-0.3, -0.25) is 14.0 Å². The Bertz CT molecular complexity index is 633. The molecule has 0 bridgehead atoms. The number of rotatable bonds is 2. The summed E-state index contributed by atoms with van der Waals surface area (Å²) in [5.41, 5.74) is -0.419. The smallest absolute Gasteiger partial charge is 0.270 e. The van der Waals surface area contributed by atoms with E-state index in [1.807, 2.05) is 0 Å². The molecule has 0 spiro atoms. The number of nitrogens with zero attached hydrogens (tertiary/aromatic N) is 2. The van der Waals surface area contributed by atoms with Gasteiger partial charge in [-0.2, -0.15) is 0 Å². The van der Waals surface area contributed by atoms with Crippen LogP contribution < -0.4 is 10.9 Å². The zero-order chi connectivity index (χ0) is 12.4. The minimum Gasteiger partial charge on any atom is -0.504 e. The monoisotopic (exact) mass is 233 g/mol. The molecule has 2 N–H and O–H groups in total. The number of amides is 1. The molecular formula is C11H11N3O3. The summed E-state index contributed by atoms with van der Waals surface area (Å²) in [4.78, 5) is 27.4. The molecular weight excluding hydrogens is 222 g/mol. The predicted octanol–water partition coefficient (Wildman–Crippen LogP) is 0.150. The number of aromatic hydroxyl groups is 1. The van der Waals surface area contributed by atoms with Crippen molar-refractivity contribution in [1.29, 1.82) is 0 Å². The first-order valence-electron chi connectivity index (χ1n) is 5.12. The van der Waals surface area contributed by atoms with Gasteiger partial charge in [0.1, 0.15) is 5.56 Å². The summed E-state index contributed by atoms with van der Waals surface area (Å²) in [6.45, 7) is 2.19. The maximum absolute atomic E-state index is 11.9. The minimum atomic E-state index is -0.503. The molecule has 0 atom stereocenters. The van der Waals surface area contributed by atoms with E-state index in [1.54, 1.807) is 6.92 Å². The number of fused-ring (bicyclic) bond motifs is 1. The van der Waals surface area contributed by atoms with Crippen LogP contribution in [0.5, 0.6) is 5.75 Å². The maximum Gasteiger partial charge on any atom is 0.270 e. The van der Waals surface area contributed by atoms with Gasteiger partial charge in [-0.25, -0.2) is 4.98 Å². The molecule has 6 nitrogen and oxygen atoms in total. The summed E-state index contributed by atoms with van der Waals surface area (Å²) in [7, 11) is 0. The number of hydrogen-bond donors (Lipinski definition) is 2. The van der Waals surface area contributed by atoms with Gasteiger partial charge in [0.15, 0.2) is 11.4 Å². The first-order chi connectivity index (χ1) is 8.15. The molecule has 0 saturated carbocycles. The van der Waals surface area contributed by atoms with Gasteiger partial charge >= 0.3 is 0 Å². The Morgan fingerprint density at radius 1 is 1.59 bits per heavy atom. The highest BCUT2D eigenvalue weighted by molar-refractivity contribution is 5.93. The highest BCUT2D eigenvalue weighted by Gasteiger charge is 2.13. The van der Waals surface area contributed by atoms with Crippen LogP contribution in [0.25, 0.3) is 5.65 Å². The SMILES string of the molecule is CCNC(=O)c1cnc2c(O)cccn2c1=O. The molecule has 2 rings (SSSR count). The molecule has 17 heavy (non-hydrogen) atoms. The second-order valence-electron chi connectivity index (χ2n) is 3.42. The maximum atomic E-state index is 11.9. The van der Waals surface area contributed by atoms with E-state index < -0.39 is 11.5 Å². The van der Waals surface area contributed by atoms with Crippen LogP contribution in [0.15, 0.2) is 29.3 Å². The number of aromatic nitrogens is 2. The third kappa shape index (κ3) is 1.84. The van der Waals surface area contributed by atoms with Gasteiger partial charge in [0.2, 0.25) is 0 Å². The normalized spacial score (nSPS) is 10.4. The Balaban J connectivity index is 2.67. The van der Waals surface area contributed by atoms with E-state index in [-0.39, 0.29) is 17.0 Å². The Morgan fingerprint density at radius 3 is 3.06 bits per heavy atom. The Labute approximate surface area is 96.5 Å². The number of carbonyl (C=O) groups excluding carboxylic acids is 1. The van der Waals surface area contributed by atoms with Crippen molar-refractivity contribution in [2.75, 3.05) is 6.54 Å². The zero-order valence-corrected chi connectivity index (χ0v) is 9.17. The van der Waals surface area contributed by atoms with Crippen LogP contribution in [0.3, 0.4) is 0 Å². The molecule has 0 aliphatic heterocycles. The molecule has 0 aliphatic carbocycles. The number of pyridine rings is 1. The minimum absolute atomic E-state index is 0.0463. The topological polar surface area (TPSA) is 83.7 Å². The molecule has 0 radical (unpaired) electrons. The largest absolute Gasteiger partial charge is 0.504 e. The highest BCUT2D eigenvalue weighted by atomic mass is 16.3. The molecule has 1 amide bonds. The lowest BCUT2D eigenvalue weighted by Gasteiger charge is -2.04. The van der Waals surface area contributed by atoms with E-state index in [2.05, 4.69) is 10.3 Å². The molecule has 88 valence electrons. The van der Waals surface area contributed by atoms with Crippen molar-refractivity contribution < 1.29 is 9.90 Å². The Hall–Kier alpha value is -2.37. The van der Waals surface area contributed by atoms with Gasteiger partial charge in [0.05, 0.1) is 0 Å². The van der Waals surface area contributed by atoms with E-state index in [9.17, 15) is 14.7 Å². The van der Waals surface area contributed by atoms with Crippen molar-refractivity contribution in [3.8, 4) is 5.75 Å². The van der Waals surface area contributed by atoms with Gasteiger partial charge in [-0.05, 0) is 19.1 Å². The molecule has 0 unspecified atom stereocenters. The second kappa shape index (κ2) is 4.25. The van der Waals surface area contributed by atoms with Crippen molar-refractivity contribution in [3.63, 3.8) is 0 Å². The summed E-state index contributed by atoms with van der Waals surface area (Å²) in [6.07, 6.45) is 2.62. The fourth-order valence-corrected chi connectivity index (χ4v) is 1.50. The van der Waals surface area contributed by atoms with E-state index in [0.717, 1.165) is 4.40 Å². The summed E-state index contributed by atoms with van der Waals surface area (Å²) >= 11 is 0. The van der Waals surface area contributed by atoms with Crippen LogP contribution in [0.2, 0.25) is 0 Å². The van der Waals surface area contributed by atoms with Crippen LogP contribution in [-0.4, -0.2) is 26.9 Å². The van der Waals surface area contributed by atoms with Gasteiger partial charge in [-0.15, -0.1) is 0 Å². The lowest BCUT2D eigenvalue weighted by Crippen LogP contribution is -2.31. The molecule has 0 aliphatic rings. The van der Waals surface area contributed by atoms with Crippen LogP contribution in [0, 0.1) is 0 Å². The van der Waals surface area contributed by atoms with Crippen LogP contribution in [-0.2, 0) is 0 Å². The van der Waals surface area contributed by atoms with Crippen molar-refractivity contribution in [3.05, 3.63) is 40.4 Å². The Morgan fingerprint density at radius 2 is 2.35 bits per heavy atom. The summed E-state index contributed by atoms with van der Waals surface area (Å²) in [6, 6.07) is 2.93. The van der Waals surface area contributed by atoms with Crippen LogP contribution in [0.1, 0.15) is 17.3 Å². The quantitative estimate of drug-likeness (QED) is 0.773. The molecule has 6 heteroatoms. The molecule has 2 aromatic heterocycles. The van der Waals surface area contributed by atoms with Crippen LogP contribution in [0.4, 0.5) is 0 Å². The first kappa shape index (κ1) is 11.1. The first-order valence-corrected chi connectivity index (χ1v) is 5.12. The molecule has 2 heterocycles. The zero-order valence-electron chi connectivity index (χ0n) is 9.17. The van der Waals surface area contributed by atoms with E-state index in [4.69, 9.17) is 0 Å². The van der Waals surface area contributed by atoms with E-state index in [1.165, 1.54) is 24.5 Å². The number of hydrogen-bond acceptors (Lipinski definition) is 4. The fourth-order valence-electron chi connectivity index (χ4n) is 1.50. The number of nitrogens with one attached hydrogen (secondary N) is 1. The number of carbonyl (C=O) groups is 1. The highest BCUT2D eigenvalue weighted by Crippen LogP contribution is 2.12. The average Bonchev–Trinajstić information content (AvgIpc) is 2.31.